The van der Waals surface area contributed by atoms with E-state index in [4.69, 9.17) is 22.3 Å². The van der Waals surface area contributed by atoms with Gasteiger partial charge in [-0.25, -0.2) is 8.42 Å². The summed E-state index contributed by atoms with van der Waals surface area (Å²) in [5.74, 6) is 0. The summed E-state index contributed by atoms with van der Waals surface area (Å²) in [6.07, 6.45) is 1.25. The third-order valence-electron chi connectivity index (χ3n) is 2.54. The van der Waals surface area contributed by atoms with Crippen LogP contribution in [0.25, 0.3) is 0 Å². The van der Waals surface area contributed by atoms with Crippen LogP contribution in [0.1, 0.15) is 11.3 Å². The van der Waals surface area contributed by atoms with Crippen LogP contribution in [0.15, 0.2) is 35.4 Å². The van der Waals surface area contributed by atoms with Gasteiger partial charge in [0, 0.05) is 15.7 Å². The van der Waals surface area contributed by atoms with Gasteiger partial charge in [-0.1, -0.05) is 23.7 Å². The largest absolute Gasteiger partial charge is 0.264 e. The Bertz CT molecular complexity index is 680. The first-order valence-electron chi connectivity index (χ1n) is 5.09. The Hall–Kier alpha value is -1.04. The summed E-state index contributed by atoms with van der Waals surface area (Å²) in [5.41, 5.74) is 1.44. The van der Waals surface area contributed by atoms with E-state index in [9.17, 15) is 8.42 Å². The highest BCUT2D eigenvalue weighted by molar-refractivity contribution is 8.13. The van der Waals surface area contributed by atoms with E-state index in [1.165, 1.54) is 6.20 Å². The zero-order valence-electron chi connectivity index (χ0n) is 9.47. The lowest BCUT2D eigenvalue weighted by molar-refractivity contribution is 0.607. The molecule has 1 heterocycles. The molecule has 0 spiro atoms. The second-order valence-corrected chi connectivity index (χ2v) is 6.79. The molecule has 7 heteroatoms. The summed E-state index contributed by atoms with van der Waals surface area (Å²) in [6, 6.07) is 7.30. The number of halogens is 2. The van der Waals surface area contributed by atoms with Gasteiger partial charge >= 0.3 is 0 Å². The van der Waals surface area contributed by atoms with E-state index < -0.39 is 9.05 Å². The van der Waals surface area contributed by atoms with Crippen molar-refractivity contribution >= 4 is 31.3 Å². The fourth-order valence-corrected chi connectivity index (χ4v) is 2.94. The van der Waals surface area contributed by atoms with E-state index in [1.54, 1.807) is 23.7 Å². The monoisotopic (exact) mass is 304 g/mol. The van der Waals surface area contributed by atoms with E-state index in [1.807, 2.05) is 12.1 Å². The molecule has 1 aromatic carbocycles. The second-order valence-electron chi connectivity index (χ2n) is 3.82. The Kier molecular flexibility index (Phi) is 3.66. The minimum absolute atomic E-state index is 0.0335. The van der Waals surface area contributed by atoms with Gasteiger partial charge in [0.25, 0.3) is 9.05 Å². The Labute approximate surface area is 115 Å². The first kappa shape index (κ1) is 13.4. The molecule has 0 fully saturated rings. The third-order valence-corrected chi connectivity index (χ3v) is 4.20. The van der Waals surface area contributed by atoms with Crippen LogP contribution in [-0.2, 0) is 15.6 Å². The molecule has 0 saturated carbocycles. The molecule has 0 atom stereocenters. The molecule has 18 heavy (non-hydrogen) atoms. The minimum atomic E-state index is -3.75. The van der Waals surface area contributed by atoms with E-state index in [0.29, 0.717) is 17.3 Å². The Morgan fingerprint density at radius 2 is 2.11 bits per heavy atom. The standard InChI is InChI=1S/C11H10Cl2N2O2S/c1-8-11(18(13,16)17)6-14-15(8)7-9-3-2-4-10(12)5-9/h2-6H,7H2,1H3. The Morgan fingerprint density at radius 1 is 1.39 bits per heavy atom. The average Bonchev–Trinajstić information content (AvgIpc) is 2.60. The molecule has 0 unspecified atom stereocenters. The van der Waals surface area contributed by atoms with Gasteiger partial charge in [0.1, 0.15) is 4.90 Å². The maximum Gasteiger partial charge on any atom is 0.264 e. The molecular weight excluding hydrogens is 295 g/mol. The molecule has 0 aliphatic carbocycles. The predicted octanol–water partition coefficient (Wildman–Crippen LogP) is 2.82. The quantitative estimate of drug-likeness (QED) is 0.819. The fraction of sp³-hybridized carbons (Fsp3) is 0.182. The van der Waals surface area contributed by atoms with Crippen molar-refractivity contribution in [2.75, 3.05) is 0 Å². The smallest absolute Gasteiger partial charge is 0.264 e. The van der Waals surface area contributed by atoms with E-state index in [2.05, 4.69) is 5.10 Å². The molecule has 0 bridgehead atoms. The SMILES string of the molecule is Cc1c(S(=O)(=O)Cl)cnn1Cc1cccc(Cl)c1. The number of hydrogen-bond acceptors (Lipinski definition) is 3. The van der Waals surface area contributed by atoms with Crippen LogP contribution >= 0.6 is 22.3 Å². The summed E-state index contributed by atoms with van der Waals surface area (Å²) in [6.45, 7) is 2.10. The second kappa shape index (κ2) is 4.91. The zero-order valence-corrected chi connectivity index (χ0v) is 11.8. The molecule has 4 nitrogen and oxygen atoms in total. The van der Waals surface area contributed by atoms with Gasteiger partial charge in [0.15, 0.2) is 0 Å². The molecule has 0 aliphatic heterocycles. The normalized spacial score (nSPS) is 11.7. The zero-order chi connectivity index (χ0) is 13.3. The molecule has 2 aromatic rings. The van der Waals surface area contributed by atoms with Crippen molar-refractivity contribution in [3.05, 3.63) is 46.7 Å². The third kappa shape index (κ3) is 2.85. The van der Waals surface area contributed by atoms with Gasteiger partial charge in [0.05, 0.1) is 18.4 Å². The van der Waals surface area contributed by atoms with Crippen molar-refractivity contribution in [1.29, 1.82) is 0 Å². The summed E-state index contributed by atoms with van der Waals surface area (Å²) in [7, 11) is 1.55. The Balaban J connectivity index is 2.34. The maximum absolute atomic E-state index is 11.3. The molecule has 2 rings (SSSR count). The highest BCUT2D eigenvalue weighted by Crippen LogP contribution is 2.20. The fourth-order valence-electron chi connectivity index (χ4n) is 1.64. The molecule has 0 amide bonds. The van der Waals surface area contributed by atoms with Gasteiger partial charge in [-0.3, -0.25) is 4.68 Å². The number of nitrogens with zero attached hydrogens (tertiary/aromatic N) is 2. The predicted molar refractivity (Wildman–Crippen MR) is 70.6 cm³/mol. The van der Waals surface area contributed by atoms with Crippen molar-refractivity contribution in [3.8, 4) is 0 Å². The first-order chi connectivity index (χ1) is 8.38. The van der Waals surface area contributed by atoms with E-state index in [-0.39, 0.29) is 4.90 Å². The summed E-state index contributed by atoms with van der Waals surface area (Å²) >= 11 is 5.88. The highest BCUT2D eigenvalue weighted by atomic mass is 35.7. The van der Waals surface area contributed by atoms with Crippen molar-refractivity contribution in [3.63, 3.8) is 0 Å². The summed E-state index contributed by atoms with van der Waals surface area (Å²) < 4.78 is 24.1. The lowest BCUT2D eigenvalue weighted by Gasteiger charge is -2.05. The van der Waals surface area contributed by atoms with Crippen LogP contribution in [0.2, 0.25) is 5.02 Å². The topological polar surface area (TPSA) is 52.0 Å². The number of rotatable bonds is 3. The number of hydrogen-bond donors (Lipinski definition) is 0. The van der Waals surface area contributed by atoms with Crippen LogP contribution in [0.5, 0.6) is 0 Å². The van der Waals surface area contributed by atoms with Gasteiger partial charge in [0.2, 0.25) is 0 Å². The van der Waals surface area contributed by atoms with Gasteiger partial charge in [-0.15, -0.1) is 0 Å². The van der Waals surface area contributed by atoms with Crippen molar-refractivity contribution < 1.29 is 8.42 Å². The molecule has 1 aromatic heterocycles. The molecule has 0 saturated heterocycles. The van der Waals surface area contributed by atoms with Crippen LogP contribution in [0.3, 0.4) is 0 Å². The highest BCUT2D eigenvalue weighted by Gasteiger charge is 2.18. The minimum Gasteiger partial charge on any atom is -0.264 e. The van der Waals surface area contributed by atoms with Crippen LogP contribution < -0.4 is 0 Å². The van der Waals surface area contributed by atoms with Gasteiger partial charge in [-0.2, -0.15) is 5.10 Å². The molecule has 96 valence electrons. The van der Waals surface area contributed by atoms with Crippen molar-refractivity contribution in [2.45, 2.75) is 18.4 Å². The van der Waals surface area contributed by atoms with E-state index >= 15 is 0 Å². The average molecular weight is 305 g/mol. The molecule has 0 N–H and O–H groups in total. The summed E-state index contributed by atoms with van der Waals surface area (Å²) in [5, 5.41) is 4.64. The van der Waals surface area contributed by atoms with Gasteiger partial charge in [-0.05, 0) is 24.6 Å². The molecule has 0 aliphatic rings. The van der Waals surface area contributed by atoms with Crippen molar-refractivity contribution in [2.24, 2.45) is 0 Å². The van der Waals surface area contributed by atoms with Crippen molar-refractivity contribution in [1.82, 2.24) is 9.78 Å². The lowest BCUT2D eigenvalue weighted by atomic mass is 10.2. The van der Waals surface area contributed by atoms with Gasteiger partial charge < -0.3 is 0 Å². The first-order valence-corrected chi connectivity index (χ1v) is 7.78. The molecular formula is C11H10Cl2N2O2S. The Morgan fingerprint density at radius 3 is 2.67 bits per heavy atom. The number of aromatic nitrogens is 2. The van der Waals surface area contributed by atoms with E-state index in [0.717, 1.165) is 5.56 Å². The summed E-state index contributed by atoms with van der Waals surface area (Å²) in [4.78, 5) is 0.0335. The number of benzene rings is 1. The molecule has 0 radical (unpaired) electrons. The lowest BCUT2D eigenvalue weighted by Crippen LogP contribution is -2.04. The maximum atomic E-state index is 11.3. The van der Waals surface area contributed by atoms with Crippen LogP contribution in [-0.4, -0.2) is 18.2 Å². The van der Waals surface area contributed by atoms with Crippen LogP contribution in [0, 0.1) is 6.92 Å². The van der Waals surface area contributed by atoms with Crippen LogP contribution in [0.4, 0.5) is 0 Å².